The lowest BCUT2D eigenvalue weighted by molar-refractivity contribution is 0.0633. The van der Waals surface area contributed by atoms with E-state index in [0.717, 1.165) is 0 Å². The number of carbonyl (C=O) groups excluding carboxylic acids is 1. The highest BCUT2D eigenvalue weighted by Crippen LogP contribution is 2.23. The van der Waals surface area contributed by atoms with Crippen LogP contribution in [0, 0.1) is 0 Å². The number of carboxylic acids is 1. The van der Waals surface area contributed by atoms with Crippen molar-refractivity contribution in [3.63, 3.8) is 0 Å². The molecule has 0 radical (unpaired) electrons. The molecule has 0 aliphatic carbocycles. The molecule has 7 heteroatoms. The van der Waals surface area contributed by atoms with Crippen LogP contribution in [0.1, 0.15) is 31.1 Å². The number of rotatable bonds is 2. The molecule has 0 aliphatic rings. The molecular formula is C14H17N3O4. The van der Waals surface area contributed by atoms with Gasteiger partial charge in [0.15, 0.2) is 0 Å². The number of nitrogens with one attached hydrogen (secondary N) is 1. The summed E-state index contributed by atoms with van der Waals surface area (Å²) >= 11 is 0. The quantitative estimate of drug-likeness (QED) is 0.887. The maximum absolute atomic E-state index is 11.7. The van der Waals surface area contributed by atoms with Crippen LogP contribution in [0.25, 0.3) is 11.0 Å². The number of hydrogen-bond donors (Lipinski definition) is 2. The average molecular weight is 291 g/mol. The van der Waals surface area contributed by atoms with Crippen LogP contribution in [0.15, 0.2) is 18.5 Å². The molecule has 0 fully saturated rings. The lowest BCUT2D eigenvalue weighted by Crippen LogP contribution is -2.27. The van der Waals surface area contributed by atoms with Gasteiger partial charge >= 0.3 is 12.1 Å². The molecular weight excluding hydrogens is 274 g/mol. The van der Waals surface area contributed by atoms with Crippen molar-refractivity contribution < 1.29 is 19.4 Å². The molecule has 7 nitrogen and oxygen atoms in total. The van der Waals surface area contributed by atoms with Crippen molar-refractivity contribution in [2.75, 3.05) is 5.32 Å². The average Bonchev–Trinajstić information content (AvgIpc) is 2.67. The number of amides is 1. The fraction of sp³-hybridized carbons (Fsp3) is 0.357. The predicted molar refractivity (Wildman–Crippen MR) is 77.5 cm³/mol. The number of carboxylic acid groups (broad SMARTS) is 1. The summed E-state index contributed by atoms with van der Waals surface area (Å²) in [6, 6.07) is 2.99. The number of carbonyl (C=O) groups is 2. The van der Waals surface area contributed by atoms with E-state index in [9.17, 15) is 14.7 Å². The zero-order valence-corrected chi connectivity index (χ0v) is 12.3. The van der Waals surface area contributed by atoms with Gasteiger partial charge in [0.1, 0.15) is 5.60 Å². The van der Waals surface area contributed by atoms with E-state index in [2.05, 4.69) is 10.3 Å². The standard InChI is InChI=1S/C14H17N3O4/c1-14(2,3)21-13(20)16-8-5-9(12(18)19)11-10(6-8)15-7-17(11)4/h5-7H,1-4H3,(H,16,20)(H,18,19). The van der Waals surface area contributed by atoms with E-state index in [-0.39, 0.29) is 5.56 Å². The molecule has 1 aromatic heterocycles. The Balaban J connectivity index is 2.38. The van der Waals surface area contributed by atoms with Gasteiger partial charge in [-0.2, -0.15) is 0 Å². The van der Waals surface area contributed by atoms with Crippen LogP contribution in [-0.4, -0.2) is 32.3 Å². The second-order valence-corrected chi connectivity index (χ2v) is 5.68. The van der Waals surface area contributed by atoms with Crippen molar-refractivity contribution in [1.29, 1.82) is 0 Å². The summed E-state index contributed by atoms with van der Waals surface area (Å²) in [5.74, 6) is -1.09. The molecule has 0 bridgehead atoms. The Kier molecular flexibility index (Phi) is 3.59. The first-order chi connectivity index (χ1) is 9.67. The van der Waals surface area contributed by atoms with Gasteiger partial charge in [0.2, 0.25) is 0 Å². The second-order valence-electron chi connectivity index (χ2n) is 5.68. The number of aromatic nitrogens is 2. The second kappa shape index (κ2) is 5.08. The molecule has 2 rings (SSSR count). The molecule has 0 saturated heterocycles. The minimum absolute atomic E-state index is 0.0681. The van der Waals surface area contributed by atoms with Gasteiger partial charge in [-0.3, -0.25) is 5.32 Å². The largest absolute Gasteiger partial charge is 0.478 e. The number of nitrogens with zero attached hydrogens (tertiary/aromatic N) is 2. The Bertz CT molecular complexity index is 713. The lowest BCUT2D eigenvalue weighted by atomic mass is 10.1. The van der Waals surface area contributed by atoms with E-state index >= 15 is 0 Å². The van der Waals surface area contributed by atoms with Crippen LogP contribution in [0.3, 0.4) is 0 Å². The zero-order valence-electron chi connectivity index (χ0n) is 12.3. The molecule has 0 unspecified atom stereocenters. The first kappa shape index (κ1) is 14.8. The van der Waals surface area contributed by atoms with Gasteiger partial charge in [0.25, 0.3) is 0 Å². The molecule has 0 saturated carbocycles. The van der Waals surface area contributed by atoms with Crippen LogP contribution in [0.2, 0.25) is 0 Å². The van der Waals surface area contributed by atoms with Crippen LogP contribution in [0.4, 0.5) is 10.5 Å². The number of hydrogen-bond acceptors (Lipinski definition) is 4. The molecule has 0 aliphatic heterocycles. The Labute approximate surface area is 121 Å². The molecule has 0 atom stereocenters. The highest BCUT2D eigenvalue weighted by molar-refractivity contribution is 6.04. The zero-order chi connectivity index (χ0) is 15.8. The molecule has 0 spiro atoms. The first-order valence-electron chi connectivity index (χ1n) is 6.36. The smallest absolute Gasteiger partial charge is 0.412 e. The van der Waals surface area contributed by atoms with Gasteiger partial charge in [-0.15, -0.1) is 0 Å². The normalized spacial score (nSPS) is 11.4. The van der Waals surface area contributed by atoms with Crippen molar-refractivity contribution in [3.8, 4) is 0 Å². The third kappa shape index (κ3) is 3.31. The SMILES string of the molecule is Cn1cnc2cc(NC(=O)OC(C)(C)C)cc(C(=O)O)c21. The highest BCUT2D eigenvalue weighted by Gasteiger charge is 2.19. The summed E-state index contributed by atoms with van der Waals surface area (Å²) in [5.41, 5.74) is 0.751. The van der Waals surface area contributed by atoms with Gasteiger partial charge in [-0.25, -0.2) is 14.6 Å². The number of ether oxygens (including phenoxy) is 1. The monoisotopic (exact) mass is 291 g/mol. The van der Waals surface area contributed by atoms with Crippen molar-refractivity contribution >= 4 is 28.8 Å². The van der Waals surface area contributed by atoms with Crippen LogP contribution >= 0.6 is 0 Å². The summed E-state index contributed by atoms with van der Waals surface area (Å²) < 4.78 is 6.76. The summed E-state index contributed by atoms with van der Waals surface area (Å²) in [4.78, 5) is 27.2. The van der Waals surface area contributed by atoms with E-state index < -0.39 is 17.7 Å². The molecule has 1 heterocycles. The van der Waals surface area contributed by atoms with Gasteiger partial charge in [0, 0.05) is 12.7 Å². The Morgan fingerprint density at radius 2 is 2.00 bits per heavy atom. The summed E-state index contributed by atoms with van der Waals surface area (Å²) in [6.07, 6.45) is 0.878. The number of aromatic carboxylic acids is 1. The summed E-state index contributed by atoms with van der Waals surface area (Å²) in [5, 5.41) is 11.8. The number of imidazole rings is 1. The number of aryl methyl sites for hydroxylation is 1. The van der Waals surface area contributed by atoms with Crippen LogP contribution < -0.4 is 5.32 Å². The minimum Gasteiger partial charge on any atom is -0.478 e. The molecule has 21 heavy (non-hydrogen) atoms. The lowest BCUT2D eigenvalue weighted by Gasteiger charge is -2.19. The van der Waals surface area contributed by atoms with Gasteiger partial charge in [-0.1, -0.05) is 0 Å². The minimum atomic E-state index is -1.09. The van der Waals surface area contributed by atoms with Gasteiger partial charge in [0.05, 0.1) is 22.9 Å². The van der Waals surface area contributed by atoms with Gasteiger partial charge < -0.3 is 14.4 Å². The third-order valence-corrected chi connectivity index (χ3v) is 2.69. The summed E-state index contributed by atoms with van der Waals surface area (Å²) in [6.45, 7) is 5.24. The maximum atomic E-state index is 11.7. The molecule has 1 amide bonds. The van der Waals surface area contributed by atoms with E-state index in [1.807, 2.05) is 0 Å². The summed E-state index contributed by atoms with van der Waals surface area (Å²) in [7, 11) is 1.71. The third-order valence-electron chi connectivity index (χ3n) is 2.69. The van der Waals surface area contributed by atoms with E-state index in [0.29, 0.717) is 16.7 Å². The van der Waals surface area contributed by atoms with Crippen LogP contribution in [-0.2, 0) is 11.8 Å². The fourth-order valence-electron chi connectivity index (χ4n) is 1.95. The number of benzene rings is 1. The molecule has 112 valence electrons. The predicted octanol–water partition coefficient (Wildman–Crippen LogP) is 2.62. The Morgan fingerprint density at radius 1 is 1.33 bits per heavy atom. The molecule has 2 aromatic rings. The van der Waals surface area contributed by atoms with Crippen LogP contribution in [0.5, 0.6) is 0 Å². The van der Waals surface area contributed by atoms with E-state index in [4.69, 9.17) is 4.74 Å². The van der Waals surface area contributed by atoms with Crippen molar-refractivity contribution in [2.45, 2.75) is 26.4 Å². The van der Waals surface area contributed by atoms with E-state index in [1.54, 1.807) is 38.5 Å². The van der Waals surface area contributed by atoms with Crippen molar-refractivity contribution in [1.82, 2.24) is 9.55 Å². The Hall–Kier alpha value is -2.57. The van der Waals surface area contributed by atoms with Crippen molar-refractivity contribution in [2.24, 2.45) is 7.05 Å². The topological polar surface area (TPSA) is 93.5 Å². The molecule has 1 aromatic carbocycles. The number of anilines is 1. The Morgan fingerprint density at radius 3 is 2.57 bits per heavy atom. The van der Waals surface area contributed by atoms with E-state index in [1.165, 1.54) is 12.4 Å². The molecule has 2 N–H and O–H groups in total. The van der Waals surface area contributed by atoms with Gasteiger partial charge in [-0.05, 0) is 32.9 Å². The number of fused-ring (bicyclic) bond motifs is 1. The first-order valence-corrected chi connectivity index (χ1v) is 6.36. The fourth-order valence-corrected chi connectivity index (χ4v) is 1.95. The maximum Gasteiger partial charge on any atom is 0.412 e. The highest BCUT2D eigenvalue weighted by atomic mass is 16.6. The van der Waals surface area contributed by atoms with Crippen molar-refractivity contribution in [3.05, 3.63) is 24.0 Å².